The van der Waals surface area contributed by atoms with Crippen LogP contribution in [0.3, 0.4) is 0 Å². The predicted molar refractivity (Wildman–Crippen MR) is 112 cm³/mol. The van der Waals surface area contributed by atoms with Crippen molar-refractivity contribution in [3.63, 3.8) is 0 Å². The van der Waals surface area contributed by atoms with Gasteiger partial charge in [0.25, 0.3) is 0 Å². The lowest BCUT2D eigenvalue weighted by atomic mass is 9.83. The minimum atomic E-state index is -0.808. The Bertz CT molecular complexity index is 749. The Hall–Kier alpha value is -2.48. The van der Waals surface area contributed by atoms with Crippen molar-refractivity contribution in [1.82, 2.24) is 25.5 Å². The quantitative estimate of drug-likeness (QED) is 0.532. The molecule has 2 heterocycles. The first-order chi connectivity index (χ1) is 14.1. The van der Waals surface area contributed by atoms with Crippen molar-refractivity contribution in [2.45, 2.75) is 57.9 Å². The standard InChI is InChI=1S/C21H32N6O2/c1-3-6-18(21(28)29)19(20-23-25-26-24-20)13-15-8-10-16(11-9-15)22-14-17-7-5-12-27(17)4-2/h8-11,17-19,22H,3-7,12-14H2,1-2H3,(H,28,29)(H,23,24,25,26). The molecular weight excluding hydrogens is 368 g/mol. The summed E-state index contributed by atoms with van der Waals surface area (Å²) in [5.74, 6) is -1.18. The third-order valence-corrected chi connectivity index (χ3v) is 5.95. The maximum Gasteiger partial charge on any atom is 0.307 e. The highest BCUT2D eigenvalue weighted by molar-refractivity contribution is 5.71. The molecule has 29 heavy (non-hydrogen) atoms. The molecule has 1 aromatic heterocycles. The van der Waals surface area contributed by atoms with Crippen molar-refractivity contribution in [2.24, 2.45) is 5.92 Å². The topological polar surface area (TPSA) is 107 Å². The second-order valence-electron chi connectivity index (χ2n) is 7.82. The largest absolute Gasteiger partial charge is 0.481 e. The van der Waals surface area contributed by atoms with Crippen LogP contribution in [0.15, 0.2) is 24.3 Å². The van der Waals surface area contributed by atoms with Crippen LogP contribution in [0.25, 0.3) is 0 Å². The van der Waals surface area contributed by atoms with Crippen LogP contribution in [0, 0.1) is 5.92 Å². The highest BCUT2D eigenvalue weighted by atomic mass is 16.4. The third-order valence-electron chi connectivity index (χ3n) is 5.95. The molecular formula is C21H32N6O2. The average Bonchev–Trinajstić information content (AvgIpc) is 3.41. The lowest BCUT2D eigenvalue weighted by Crippen LogP contribution is -2.34. The Labute approximate surface area is 172 Å². The van der Waals surface area contributed by atoms with Crippen molar-refractivity contribution in [3.8, 4) is 0 Å². The zero-order valence-corrected chi connectivity index (χ0v) is 17.3. The van der Waals surface area contributed by atoms with Gasteiger partial charge in [-0.25, -0.2) is 0 Å². The SMILES string of the molecule is CCCC(C(=O)O)C(Cc1ccc(NCC2CCCN2CC)cc1)c1nn[nH]n1. The van der Waals surface area contributed by atoms with E-state index in [0.29, 0.717) is 24.7 Å². The minimum absolute atomic E-state index is 0.304. The van der Waals surface area contributed by atoms with Crippen LogP contribution in [-0.4, -0.2) is 62.3 Å². The highest BCUT2D eigenvalue weighted by Gasteiger charge is 2.32. The number of likely N-dealkylation sites (N-methyl/N-ethyl adjacent to an activating group) is 1. The van der Waals surface area contributed by atoms with Gasteiger partial charge in [0.05, 0.1) is 5.92 Å². The van der Waals surface area contributed by atoms with Crippen molar-refractivity contribution < 1.29 is 9.90 Å². The molecule has 1 saturated heterocycles. The van der Waals surface area contributed by atoms with Gasteiger partial charge in [0, 0.05) is 24.2 Å². The molecule has 1 aromatic carbocycles. The molecule has 3 rings (SSSR count). The normalized spacial score (nSPS) is 19.2. The van der Waals surface area contributed by atoms with Gasteiger partial charge in [0.1, 0.15) is 0 Å². The second kappa shape index (κ2) is 10.3. The summed E-state index contributed by atoms with van der Waals surface area (Å²) in [5.41, 5.74) is 2.17. The van der Waals surface area contributed by atoms with Crippen LogP contribution in [0.4, 0.5) is 5.69 Å². The number of aromatic nitrogens is 4. The Morgan fingerprint density at radius 3 is 2.76 bits per heavy atom. The predicted octanol–water partition coefficient (Wildman–Crippen LogP) is 2.92. The first kappa shape index (κ1) is 21.2. The van der Waals surface area contributed by atoms with Crippen molar-refractivity contribution >= 4 is 11.7 Å². The number of carbonyl (C=O) groups is 1. The summed E-state index contributed by atoms with van der Waals surface area (Å²) >= 11 is 0. The number of aromatic amines is 1. The van der Waals surface area contributed by atoms with Gasteiger partial charge in [0.2, 0.25) is 0 Å². The third kappa shape index (κ3) is 5.53. The Morgan fingerprint density at radius 1 is 1.34 bits per heavy atom. The molecule has 0 aliphatic carbocycles. The fourth-order valence-corrected chi connectivity index (χ4v) is 4.34. The van der Waals surface area contributed by atoms with Gasteiger partial charge >= 0.3 is 5.97 Å². The number of H-pyrrole nitrogens is 1. The molecule has 0 saturated carbocycles. The first-order valence-electron chi connectivity index (χ1n) is 10.6. The fraction of sp³-hybridized carbons (Fsp3) is 0.619. The number of hydrogen-bond acceptors (Lipinski definition) is 6. The van der Waals surface area contributed by atoms with E-state index in [4.69, 9.17) is 0 Å². The molecule has 8 heteroatoms. The molecule has 2 aromatic rings. The summed E-state index contributed by atoms with van der Waals surface area (Å²) < 4.78 is 0. The van der Waals surface area contributed by atoms with Gasteiger partial charge in [-0.05, 0) is 56.5 Å². The summed E-state index contributed by atoms with van der Waals surface area (Å²) in [5, 5.41) is 27.5. The van der Waals surface area contributed by atoms with Crippen LogP contribution < -0.4 is 5.32 Å². The molecule has 3 unspecified atom stereocenters. The molecule has 0 bridgehead atoms. The van der Waals surface area contributed by atoms with Crippen molar-refractivity contribution in [3.05, 3.63) is 35.7 Å². The molecule has 0 spiro atoms. The van der Waals surface area contributed by atoms with E-state index in [2.05, 4.69) is 62.0 Å². The van der Waals surface area contributed by atoms with Crippen LogP contribution in [0.5, 0.6) is 0 Å². The monoisotopic (exact) mass is 400 g/mol. The number of nitrogens with zero attached hydrogens (tertiary/aromatic N) is 4. The van der Waals surface area contributed by atoms with Crippen LogP contribution >= 0.6 is 0 Å². The molecule has 1 fully saturated rings. The lowest BCUT2D eigenvalue weighted by Gasteiger charge is -2.23. The maximum atomic E-state index is 11.8. The van der Waals surface area contributed by atoms with Gasteiger partial charge in [-0.2, -0.15) is 5.21 Å². The smallest absolute Gasteiger partial charge is 0.307 e. The number of carboxylic acids is 1. The lowest BCUT2D eigenvalue weighted by molar-refractivity contribution is -0.142. The fourth-order valence-electron chi connectivity index (χ4n) is 4.34. The number of aliphatic carboxylic acids is 1. The van der Waals surface area contributed by atoms with Gasteiger partial charge in [0.15, 0.2) is 5.82 Å². The Balaban J connectivity index is 1.65. The van der Waals surface area contributed by atoms with Crippen molar-refractivity contribution in [2.75, 3.05) is 25.0 Å². The molecule has 158 valence electrons. The number of nitrogens with one attached hydrogen (secondary N) is 2. The van der Waals surface area contributed by atoms with E-state index < -0.39 is 11.9 Å². The minimum Gasteiger partial charge on any atom is -0.481 e. The maximum absolute atomic E-state index is 11.8. The summed E-state index contributed by atoms with van der Waals surface area (Å²) in [6.45, 7) is 7.47. The number of tetrazole rings is 1. The Morgan fingerprint density at radius 2 is 2.14 bits per heavy atom. The molecule has 1 aliphatic heterocycles. The van der Waals surface area contributed by atoms with Gasteiger partial charge in [-0.1, -0.05) is 37.6 Å². The number of benzene rings is 1. The number of anilines is 1. The van der Waals surface area contributed by atoms with Gasteiger partial charge in [-0.15, -0.1) is 10.2 Å². The zero-order valence-electron chi connectivity index (χ0n) is 17.3. The summed E-state index contributed by atoms with van der Waals surface area (Å²) in [6, 6.07) is 8.87. The van der Waals surface area contributed by atoms with E-state index in [0.717, 1.165) is 30.8 Å². The van der Waals surface area contributed by atoms with Crippen molar-refractivity contribution in [1.29, 1.82) is 0 Å². The summed E-state index contributed by atoms with van der Waals surface area (Å²) in [6.07, 6.45) is 4.48. The molecule has 3 atom stereocenters. The summed E-state index contributed by atoms with van der Waals surface area (Å²) in [4.78, 5) is 14.4. The first-order valence-corrected chi connectivity index (χ1v) is 10.6. The van der Waals surface area contributed by atoms with E-state index in [9.17, 15) is 9.90 Å². The number of carboxylic acid groups (broad SMARTS) is 1. The number of hydrogen-bond donors (Lipinski definition) is 3. The Kier molecular flexibility index (Phi) is 7.57. The van der Waals surface area contributed by atoms with Gasteiger partial charge < -0.3 is 10.4 Å². The van der Waals surface area contributed by atoms with E-state index in [1.54, 1.807) is 0 Å². The van der Waals surface area contributed by atoms with E-state index in [-0.39, 0.29) is 5.92 Å². The number of rotatable bonds is 11. The van der Waals surface area contributed by atoms with E-state index >= 15 is 0 Å². The van der Waals surface area contributed by atoms with Crippen LogP contribution in [-0.2, 0) is 11.2 Å². The van der Waals surface area contributed by atoms with Crippen LogP contribution in [0.1, 0.15) is 56.8 Å². The highest BCUT2D eigenvalue weighted by Crippen LogP contribution is 2.30. The zero-order chi connectivity index (χ0) is 20.6. The van der Waals surface area contributed by atoms with Crippen LogP contribution in [0.2, 0.25) is 0 Å². The van der Waals surface area contributed by atoms with E-state index in [1.807, 2.05) is 6.92 Å². The molecule has 0 amide bonds. The summed E-state index contributed by atoms with van der Waals surface area (Å²) in [7, 11) is 0. The molecule has 1 aliphatic rings. The second-order valence-corrected chi connectivity index (χ2v) is 7.82. The number of likely N-dealkylation sites (tertiary alicyclic amines) is 1. The molecule has 8 nitrogen and oxygen atoms in total. The van der Waals surface area contributed by atoms with Gasteiger partial charge in [-0.3, -0.25) is 9.69 Å². The average molecular weight is 401 g/mol. The molecule has 0 radical (unpaired) electrons. The molecule has 3 N–H and O–H groups in total. The van der Waals surface area contributed by atoms with E-state index in [1.165, 1.54) is 19.4 Å².